The summed E-state index contributed by atoms with van der Waals surface area (Å²) in [5.41, 5.74) is 2.52. The highest BCUT2D eigenvalue weighted by Gasteiger charge is 2.18. The number of fused-ring (bicyclic) bond motifs is 1. The van der Waals surface area contributed by atoms with Gasteiger partial charge in [-0.15, -0.1) is 0 Å². The van der Waals surface area contributed by atoms with Crippen molar-refractivity contribution >= 4 is 34.6 Å². The SMILES string of the molecule is C=C(C)/C(=C/c1cc2ccccc2o1)C(=O)N(C)c1ccc(C(=O)O)cc1. The van der Waals surface area contributed by atoms with Crippen LogP contribution >= 0.6 is 0 Å². The quantitative estimate of drug-likeness (QED) is 0.526. The molecule has 0 atom stereocenters. The first-order valence-electron chi connectivity index (χ1n) is 8.34. The highest BCUT2D eigenvalue weighted by Crippen LogP contribution is 2.24. The van der Waals surface area contributed by atoms with Gasteiger partial charge in [-0.25, -0.2) is 4.79 Å². The molecule has 3 rings (SSSR count). The van der Waals surface area contributed by atoms with Crippen molar-refractivity contribution < 1.29 is 19.1 Å². The summed E-state index contributed by atoms with van der Waals surface area (Å²) < 4.78 is 5.77. The number of carboxylic acid groups (broad SMARTS) is 1. The number of amides is 1. The summed E-state index contributed by atoms with van der Waals surface area (Å²) in [6, 6.07) is 15.6. The van der Waals surface area contributed by atoms with E-state index in [1.807, 2.05) is 30.3 Å². The normalized spacial score (nSPS) is 11.4. The number of anilines is 1. The summed E-state index contributed by atoms with van der Waals surface area (Å²) in [7, 11) is 1.63. The molecular weight excluding hydrogens is 342 g/mol. The van der Waals surface area contributed by atoms with E-state index in [0.717, 1.165) is 11.0 Å². The minimum Gasteiger partial charge on any atom is -0.478 e. The number of benzene rings is 2. The van der Waals surface area contributed by atoms with Crippen molar-refractivity contribution in [1.29, 1.82) is 0 Å². The van der Waals surface area contributed by atoms with E-state index < -0.39 is 5.97 Å². The number of hydrogen-bond donors (Lipinski definition) is 1. The van der Waals surface area contributed by atoms with E-state index in [-0.39, 0.29) is 11.5 Å². The second kappa shape index (κ2) is 7.33. The Morgan fingerprint density at radius 2 is 1.78 bits per heavy atom. The summed E-state index contributed by atoms with van der Waals surface area (Å²) in [6.07, 6.45) is 1.67. The Bertz CT molecular complexity index is 1020. The number of nitrogens with zero attached hydrogens (tertiary/aromatic N) is 1. The number of rotatable bonds is 5. The third kappa shape index (κ3) is 3.82. The van der Waals surface area contributed by atoms with Crippen molar-refractivity contribution in [3.8, 4) is 0 Å². The second-order valence-electron chi connectivity index (χ2n) is 6.24. The van der Waals surface area contributed by atoms with Crippen LogP contribution in [0.3, 0.4) is 0 Å². The Kier molecular flexibility index (Phi) is 4.94. The van der Waals surface area contributed by atoms with Gasteiger partial charge in [-0.3, -0.25) is 4.79 Å². The molecule has 1 heterocycles. The summed E-state index contributed by atoms with van der Waals surface area (Å²) in [4.78, 5) is 25.4. The first kappa shape index (κ1) is 18.2. The lowest BCUT2D eigenvalue weighted by Gasteiger charge is -2.19. The van der Waals surface area contributed by atoms with E-state index in [1.165, 1.54) is 17.0 Å². The van der Waals surface area contributed by atoms with Crippen LogP contribution in [0.4, 0.5) is 5.69 Å². The molecule has 0 aliphatic carbocycles. The zero-order valence-electron chi connectivity index (χ0n) is 15.1. The van der Waals surface area contributed by atoms with E-state index in [4.69, 9.17) is 9.52 Å². The van der Waals surface area contributed by atoms with Crippen LogP contribution in [-0.2, 0) is 4.79 Å². The van der Waals surface area contributed by atoms with Crippen LogP contribution in [0.2, 0.25) is 0 Å². The fraction of sp³-hybridized carbons (Fsp3) is 0.0909. The van der Waals surface area contributed by atoms with Crippen LogP contribution < -0.4 is 4.90 Å². The lowest BCUT2D eigenvalue weighted by Crippen LogP contribution is -2.28. The van der Waals surface area contributed by atoms with Crippen molar-refractivity contribution in [3.63, 3.8) is 0 Å². The predicted octanol–water partition coefficient (Wildman–Crippen LogP) is 4.75. The monoisotopic (exact) mass is 361 g/mol. The Morgan fingerprint density at radius 3 is 2.37 bits per heavy atom. The molecule has 0 fully saturated rings. The topological polar surface area (TPSA) is 70.8 Å². The van der Waals surface area contributed by atoms with Gasteiger partial charge in [0.15, 0.2) is 0 Å². The zero-order valence-corrected chi connectivity index (χ0v) is 15.1. The first-order valence-corrected chi connectivity index (χ1v) is 8.34. The summed E-state index contributed by atoms with van der Waals surface area (Å²) in [5.74, 6) is -0.703. The van der Waals surface area contributed by atoms with E-state index in [2.05, 4.69) is 6.58 Å². The maximum Gasteiger partial charge on any atom is 0.335 e. The molecule has 0 unspecified atom stereocenters. The van der Waals surface area contributed by atoms with E-state index in [9.17, 15) is 9.59 Å². The Balaban J connectivity index is 1.92. The fourth-order valence-corrected chi connectivity index (χ4v) is 2.71. The van der Waals surface area contributed by atoms with Gasteiger partial charge in [-0.05, 0) is 55.0 Å². The van der Waals surface area contributed by atoms with Gasteiger partial charge in [0.2, 0.25) is 0 Å². The number of aromatic carboxylic acids is 1. The maximum atomic E-state index is 13.0. The van der Waals surface area contributed by atoms with Gasteiger partial charge in [-0.2, -0.15) is 0 Å². The van der Waals surface area contributed by atoms with E-state index in [1.54, 1.807) is 32.2 Å². The third-order valence-corrected chi connectivity index (χ3v) is 4.23. The molecule has 1 N–H and O–H groups in total. The molecule has 5 heteroatoms. The van der Waals surface area contributed by atoms with Crippen LogP contribution in [0.5, 0.6) is 0 Å². The number of para-hydroxylation sites is 1. The van der Waals surface area contributed by atoms with Gasteiger partial charge in [0, 0.05) is 23.7 Å². The lowest BCUT2D eigenvalue weighted by molar-refractivity contribution is -0.114. The molecule has 0 spiro atoms. The predicted molar refractivity (Wildman–Crippen MR) is 106 cm³/mol. The van der Waals surface area contributed by atoms with E-state index >= 15 is 0 Å². The largest absolute Gasteiger partial charge is 0.478 e. The number of carbonyl (C=O) groups excluding carboxylic acids is 1. The average molecular weight is 361 g/mol. The number of carboxylic acids is 1. The highest BCUT2D eigenvalue weighted by atomic mass is 16.4. The molecule has 3 aromatic rings. The fourth-order valence-electron chi connectivity index (χ4n) is 2.71. The average Bonchev–Trinajstić information content (AvgIpc) is 3.07. The number of furan rings is 1. The van der Waals surface area contributed by atoms with Crippen LogP contribution in [0.25, 0.3) is 17.0 Å². The van der Waals surface area contributed by atoms with Crippen molar-refractivity contribution in [3.05, 3.63) is 83.6 Å². The van der Waals surface area contributed by atoms with Crippen molar-refractivity contribution in [1.82, 2.24) is 0 Å². The third-order valence-electron chi connectivity index (χ3n) is 4.23. The lowest BCUT2D eigenvalue weighted by atomic mass is 10.1. The number of likely N-dealkylation sites (N-methyl/N-ethyl adjacent to an activating group) is 1. The van der Waals surface area contributed by atoms with Gasteiger partial charge < -0.3 is 14.4 Å². The maximum absolute atomic E-state index is 13.0. The molecule has 0 saturated heterocycles. The van der Waals surface area contributed by atoms with Crippen molar-refractivity contribution in [2.75, 3.05) is 11.9 Å². The molecule has 0 radical (unpaired) electrons. The first-order chi connectivity index (χ1) is 12.9. The Morgan fingerprint density at radius 1 is 1.11 bits per heavy atom. The summed E-state index contributed by atoms with van der Waals surface area (Å²) in [5, 5.41) is 9.95. The molecule has 2 aromatic carbocycles. The van der Waals surface area contributed by atoms with Gasteiger partial charge in [0.25, 0.3) is 5.91 Å². The summed E-state index contributed by atoms with van der Waals surface area (Å²) >= 11 is 0. The van der Waals surface area contributed by atoms with Crippen molar-refractivity contribution in [2.24, 2.45) is 0 Å². The molecule has 0 saturated carbocycles. The van der Waals surface area contributed by atoms with Crippen LogP contribution in [0.1, 0.15) is 23.0 Å². The second-order valence-corrected chi connectivity index (χ2v) is 6.24. The van der Waals surface area contributed by atoms with Gasteiger partial charge >= 0.3 is 5.97 Å². The van der Waals surface area contributed by atoms with Crippen LogP contribution in [-0.4, -0.2) is 24.0 Å². The smallest absolute Gasteiger partial charge is 0.335 e. The number of hydrogen-bond acceptors (Lipinski definition) is 3. The molecule has 136 valence electrons. The van der Waals surface area contributed by atoms with Gasteiger partial charge in [0.1, 0.15) is 11.3 Å². The van der Waals surface area contributed by atoms with Gasteiger partial charge in [0.05, 0.1) is 5.56 Å². The Hall–Kier alpha value is -3.60. The standard InChI is InChI=1S/C22H19NO4/c1-14(2)19(13-18-12-16-6-4-5-7-20(16)27-18)21(24)23(3)17-10-8-15(9-11-17)22(25)26/h4-13H,1H2,2-3H3,(H,25,26)/b19-13-. The minimum atomic E-state index is -1.01. The molecule has 1 amide bonds. The van der Waals surface area contributed by atoms with E-state index in [0.29, 0.717) is 22.6 Å². The van der Waals surface area contributed by atoms with Crippen molar-refractivity contribution in [2.45, 2.75) is 6.92 Å². The number of carbonyl (C=O) groups is 2. The van der Waals surface area contributed by atoms with Crippen LogP contribution in [0.15, 0.2) is 76.7 Å². The summed E-state index contributed by atoms with van der Waals surface area (Å²) in [6.45, 7) is 5.66. The zero-order chi connectivity index (χ0) is 19.6. The molecule has 0 aliphatic heterocycles. The Labute approximate surface area is 156 Å². The molecule has 1 aromatic heterocycles. The minimum absolute atomic E-state index is 0.164. The molecule has 0 aliphatic rings. The molecule has 5 nitrogen and oxygen atoms in total. The highest BCUT2D eigenvalue weighted by molar-refractivity contribution is 6.11. The molecule has 0 bridgehead atoms. The van der Waals surface area contributed by atoms with Gasteiger partial charge in [-0.1, -0.05) is 24.8 Å². The molecule has 27 heavy (non-hydrogen) atoms. The molecular formula is C22H19NO4. The van der Waals surface area contributed by atoms with Crippen LogP contribution in [0, 0.1) is 0 Å².